The van der Waals surface area contributed by atoms with Crippen molar-refractivity contribution < 1.29 is 4.79 Å². The highest BCUT2D eigenvalue weighted by Crippen LogP contribution is 2.50. The van der Waals surface area contributed by atoms with Gasteiger partial charge >= 0.3 is 0 Å². The van der Waals surface area contributed by atoms with E-state index in [-0.39, 0.29) is 18.0 Å². The SMILES string of the molecule is C[C@@H](NC(=O)[C@H]1CCCN1)[C@@H]1CCCC1P(c1ccccc1)c1ccccc1. The molecule has 28 heavy (non-hydrogen) atoms. The van der Waals surface area contributed by atoms with Crippen molar-refractivity contribution in [2.45, 2.75) is 56.8 Å². The van der Waals surface area contributed by atoms with E-state index in [1.165, 1.54) is 29.9 Å². The first kappa shape index (κ1) is 19.6. The lowest BCUT2D eigenvalue weighted by Gasteiger charge is -2.34. The molecule has 1 aliphatic heterocycles. The highest BCUT2D eigenvalue weighted by atomic mass is 31.1. The Morgan fingerprint density at radius 3 is 2.18 bits per heavy atom. The van der Waals surface area contributed by atoms with Gasteiger partial charge in [-0.2, -0.15) is 0 Å². The molecular formula is C24H31N2OP. The predicted molar refractivity (Wildman–Crippen MR) is 119 cm³/mol. The third-order valence-electron chi connectivity index (χ3n) is 6.32. The topological polar surface area (TPSA) is 41.1 Å². The van der Waals surface area contributed by atoms with Crippen LogP contribution in [0.25, 0.3) is 0 Å². The van der Waals surface area contributed by atoms with Crippen molar-refractivity contribution in [2.75, 3.05) is 6.54 Å². The van der Waals surface area contributed by atoms with Gasteiger partial charge in [-0.05, 0) is 69.3 Å². The molecular weight excluding hydrogens is 363 g/mol. The molecule has 2 N–H and O–H groups in total. The Morgan fingerprint density at radius 2 is 1.61 bits per heavy atom. The fourth-order valence-electron chi connectivity index (χ4n) is 4.92. The van der Waals surface area contributed by atoms with Gasteiger partial charge in [0.25, 0.3) is 0 Å². The zero-order valence-electron chi connectivity index (χ0n) is 16.7. The first-order valence-corrected chi connectivity index (χ1v) is 12.1. The first-order valence-electron chi connectivity index (χ1n) is 10.7. The summed E-state index contributed by atoms with van der Waals surface area (Å²) in [4.78, 5) is 12.7. The highest BCUT2D eigenvalue weighted by Gasteiger charge is 2.39. The van der Waals surface area contributed by atoms with Crippen LogP contribution in [-0.2, 0) is 4.79 Å². The molecule has 1 heterocycles. The second-order valence-electron chi connectivity index (χ2n) is 8.15. The Balaban J connectivity index is 1.56. The Hall–Kier alpha value is -1.70. The number of rotatable bonds is 6. The van der Waals surface area contributed by atoms with E-state index >= 15 is 0 Å². The van der Waals surface area contributed by atoms with E-state index in [1.807, 2.05) is 0 Å². The summed E-state index contributed by atoms with van der Waals surface area (Å²) in [6, 6.07) is 22.2. The van der Waals surface area contributed by atoms with Gasteiger partial charge in [0.2, 0.25) is 5.91 Å². The summed E-state index contributed by atoms with van der Waals surface area (Å²) >= 11 is 0. The average molecular weight is 394 g/mol. The predicted octanol–water partition coefficient (Wildman–Crippen LogP) is 3.54. The number of carbonyl (C=O) groups is 1. The monoisotopic (exact) mass is 394 g/mol. The molecule has 0 aromatic heterocycles. The largest absolute Gasteiger partial charge is 0.352 e. The smallest absolute Gasteiger partial charge is 0.237 e. The third kappa shape index (κ3) is 4.31. The number of nitrogens with one attached hydrogen (secondary N) is 2. The summed E-state index contributed by atoms with van der Waals surface area (Å²) in [5.41, 5.74) is 0.617. The van der Waals surface area contributed by atoms with Crippen molar-refractivity contribution in [1.82, 2.24) is 10.6 Å². The fourth-order valence-corrected chi connectivity index (χ4v) is 8.20. The molecule has 4 atom stereocenters. The number of amides is 1. The molecule has 2 fully saturated rings. The van der Waals surface area contributed by atoms with Crippen molar-refractivity contribution in [3.05, 3.63) is 60.7 Å². The van der Waals surface area contributed by atoms with Gasteiger partial charge < -0.3 is 10.6 Å². The maximum atomic E-state index is 12.7. The summed E-state index contributed by atoms with van der Waals surface area (Å²) < 4.78 is 0. The molecule has 0 bridgehead atoms. The summed E-state index contributed by atoms with van der Waals surface area (Å²) in [5, 5.41) is 9.60. The Morgan fingerprint density at radius 1 is 0.964 bits per heavy atom. The summed E-state index contributed by atoms with van der Waals surface area (Å²) in [6.45, 7) is 3.19. The van der Waals surface area contributed by atoms with Crippen LogP contribution < -0.4 is 21.2 Å². The van der Waals surface area contributed by atoms with E-state index in [4.69, 9.17) is 0 Å². The molecule has 3 nitrogen and oxygen atoms in total. The lowest BCUT2D eigenvalue weighted by atomic mass is 9.99. The second kappa shape index (κ2) is 9.20. The zero-order valence-corrected chi connectivity index (χ0v) is 17.6. The van der Waals surface area contributed by atoms with E-state index in [2.05, 4.69) is 78.2 Å². The molecule has 2 aliphatic rings. The van der Waals surface area contributed by atoms with E-state index in [0.717, 1.165) is 19.4 Å². The fraction of sp³-hybridized carbons (Fsp3) is 0.458. The third-order valence-corrected chi connectivity index (χ3v) is 9.33. The van der Waals surface area contributed by atoms with Crippen molar-refractivity contribution in [1.29, 1.82) is 0 Å². The van der Waals surface area contributed by atoms with E-state index < -0.39 is 7.92 Å². The molecule has 4 rings (SSSR count). The second-order valence-corrected chi connectivity index (χ2v) is 10.6. The number of hydrogen-bond acceptors (Lipinski definition) is 2. The van der Waals surface area contributed by atoms with Crippen LogP contribution in [0.3, 0.4) is 0 Å². The lowest BCUT2D eigenvalue weighted by molar-refractivity contribution is -0.123. The van der Waals surface area contributed by atoms with Crippen LogP contribution in [0.4, 0.5) is 0 Å². The van der Waals surface area contributed by atoms with Crippen LogP contribution in [0.5, 0.6) is 0 Å². The normalized spacial score (nSPS) is 25.7. The molecule has 2 aromatic rings. The minimum atomic E-state index is -0.426. The zero-order chi connectivity index (χ0) is 19.3. The molecule has 1 saturated heterocycles. The molecule has 2 aromatic carbocycles. The standard InChI is InChI=1S/C24H31N2OP/c1-18(26-24(27)22-15-9-17-25-22)21-14-8-16-23(21)28(19-10-4-2-5-11-19)20-12-6-3-7-13-20/h2-7,10-13,18,21-23,25H,8-9,14-17H2,1H3,(H,26,27)/t18-,21+,22-,23?/m1/s1. The summed E-state index contributed by atoms with van der Waals surface area (Å²) in [7, 11) is -0.426. The van der Waals surface area contributed by atoms with Crippen LogP contribution in [-0.4, -0.2) is 30.2 Å². The van der Waals surface area contributed by atoms with Crippen molar-refractivity contribution in [3.8, 4) is 0 Å². The number of carbonyl (C=O) groups excluding carboxylic acids is 1. The summed E-state index contributed by atoms with van der Waals surface area (Å²) in [5.74, 6) is 0.733. The Labute approximate surface area is 170 Å². The van der Waals surface area contributed by atoms with Gasteiger partial charge in [0.05, 0.1) is 6.04 Å². The van der Waals surface area contributed by atoms with Gasteiger partial charge in [-0.1, -0.05) is 67.1 Å². The average Bonchev–Trinajstić information content (AvgIpc) is 3.42. The van der Waals surface area contributed by atoms with Gasteiger partial charge in [0.15, 0.2) is 0 Å². The molecule has 4 heteroatoms. The van der Waals surface area contributed by atoms with Gasteiger partial charge in [-0.25, -0.2) is 0 Å². The van der Waals surface area contributed by atoms with E-state index in [0.29, 0.717) is 11.6 Å². The Kier molecular flexibility index (Phi) is 6.44. The molecule has 1 unspecified atom stereocenters. The maximum absolute atomic E-state index is 12.7. The van der Waals surface area contributed by atoms with Crippen molar-refractivity contribution in [3.63, 3.8) is 0 Å². The van der Waals surface area contributed by atoms with Gasteiger partial charge in [0, 0.05) is 6.04 Å². The lowest BCUT2D eigenvalue weighted by Crippen LogP contribution is -2.48. The van der Waals surface area contributed by atoms with Crippen LogP contribution in [0.1, 0.15) is 39.0 Å². The van der Waals surface area contributed by atoms with Crippen LogP contribution in [0, 0.1) is 5.92 Å². The number of hydrogen-bond donors (Lipinski definition) is 2. The van der Waals surface area contributed by atoms with E-state index in [9.17, 15) is 4.79 Å². The molecule has 1 saturated carbocycles. The van der Waals surface area contributed by atoms with Crippen molar-refractivity contribution >= 4 is 24.4 Å². The van der Waals surface area contributed by atoms with Crippen LogP contribution in [0.15, 0.2) is 60.7 Å². The van der Waals surface area contributed by atoms with Crippen LogP contribution in [0.2, 0.25) is 0 Å². The van der Waals surface area contributed by atoms with Gasteiger partial charge in [-0.15, -0.1) is 0 Å². The molecule has 0 radical (unpaired) electrons. The van der Waals surface area contributed by atoms with E-state index in [1.54, 1.807) is 0 Å². The minimum absolute atomic E-state index is 0.00654. The van der Waals surface area contributed by atoms with Gasteiger partial charge in [-0.3, -0.25) is 4.79 Å². The summed E-state index contributed by atoms with van der Waals surface area (Å²) in [6.07, 6.45) is 5.79. The van der Waals surface area contributed by atoms with Crippen LogP contribution >= 0.6 is 7.92 Å². The number of benzene rings is 2. The molecule has 1 amide bonds. The molecule has 0 spiro atoms. The first-order chi connectivity index (χ1) is 13.7. The maximum Gasteiger partial charge on any atom is 0.237 e. The minimum Gasteiger partial charge on any atom is -0.352 e. The highest BCUT2D eigenvalue weighted by molar-refractivity contribution is 7.73. The Bertz CT molecular complexity index is 721. The quantitative estimate of drug-likeness (QED) is 0.736. The molecule has 1 aliphatic carbocycles. The van der Waals surface area contributed by atoms with Crippen molar-refractivity contribution in [2.24, 2.45) is 5.92 Å². The van der Waals surface area contributed by atoms with Gasteiger partial charge in [0.1, 0.15) is 0 Å². The molecule has 148 valence electrons.